The smallest absolute Gasteiger partial charge is 0.167 e. The van der Waals surface area contributed by atoms with Crippen molar-refractivity contribution in [1.29, 1.82) is 0 Å². The number of nitrogens with zero attached hydrogens (tertiary/aromatic N) is 6. The first-order valence-corrected chi connectivity index (χ1v) is 8.98. The van der Waals surface area contributed by atoms with Crippen molar-refractivity contribution in [2.45, 2.75) is 38.9 Å². The van der Waals surface area contributed by atoms with Crippen LogP contribution in [0.25, 0.3) is 21.2 Å². The molecule has 1 aromatic carbocycles. The Kier molecular flexibility index (Phi) is 5.26. The standard InChI is InChI=1S/C20H22FN7O/c1-19(2,21)18-23-9-8-16(26-18)25-17-10-12-13(11-24-17)15(29-5)7-6-14(12)20(3,4)27-28-22/h6-11H,1-5H3,(H,23,24,25,26). The number of halogens is 1. The van der Waals surface area contributed by atoms with Gasteiger partial charge in [-0.1, -0.05) is 25.0 Å². The highest BCUT2D eigenvalue weighted by Gasteiger charge is 2.24. The second-order valence-electron chi connectivity index (χ2n) is 7.54. The van der Waals surface area contributed by atoms with Gasteiger partial charge in [-0.05, 0) is 48.5 Å². The fraction of sp³-hybridized carbons (Fsp3) is 0.350. The molecule has 0 radical (unpaired) electrons. The van der Waals surface area contributed by atoms with E-state index in [1.807, 2.05) is 32.0 Å². The Labute approximate surface area is 167 Å². The summed E-state index contributed by atoms with van der Waals surface area (Å²) in [5.41, 5.74) is 7.33. The summed E-state index contributed by atoms with van der Waals surface area (Å²) in [4.78, 5) is 15.6. The number of methoxy groups -OCH3 is 1. The van der Waals surface area contributed by atoms with Crippen molar-refractivity contribution >= 4 is 22.4 Å². The van der Waals surface area contributed by atoms with Crippen LogP contribution in [0.15, 0.2) is 41.8 Å². The molecule has 150 valence electrons. The molecule has 0 fully saturated rings. The monoisotopic (exact) mass is 395 g/mol. The Hall–Kier alpha value is -3.45. The van der Waals surface area contributed by atoms with Gasteiger partial charge in [-0.2, -0.15) is 0 Å². The molecule has 0 aliphatic heterocycles. The summed E-state index contributed by atoms with van der Waals surface area (Å²) in [7, 11) is 1.58. The van der Waals surface area contributed by atoms with E-state index >= 15 is 0 Å². The van der Waals surface area contributed by atoms with E-state index in [0.717, 1.165) is 16.3 Å². The second-order valence-corrected chi connectivity index (χ2v) is 7.54. The van der Waals surface area contributed by atoms with Crippen molar-refractivity contribution < 1.29 is 9.13 Å². The number of aromatic nitrogens is 3. The maximum Gasteiger partial charge on any atom is 0.167 e. The SMILES string of the molecule is COc1ccc(C(C)(C)N=[N+]=[N-])c2cc(Nc3ccnc(C(C)(C)F)n3)ncc12. The predicted molar refractivity (Wildman–Crippen MR) is 110 cm³/mol. The van der Waals surface area contributed by atoms with Crippen LogP contribution < -0.4 is 10.1 Å². The fourth-order valence-corrected chi connectivity index (χ4v) is 3.00. The van der Waals surface area contributed by atoms with E-state index in [1.165, 1.54) is 20.0 Å². The van der Waals surface area contributed by atoms with Crippen LogP contribution in [0.1, 0.15) is 39.1 Å². The highest BCUT2D eigenvalue weighted by atomic mass is 19.1. The molecule has 0 atom stereocenters. The van der Waals surface area contributed by atoms with Crippen LogP contribution in [0.3, 0.4) is 0 Å². The quantitative estimate of drug-likeness (QED) is 0.335. The number of fused-ring (bicyclic) bond motifs is 1. The highest BCUT2D eigenvalue weighted by molar-refractivity contribution is 5.93. The van der Waals surface area contributed by atoms with Gasteiger partial charge >= 0.3 is 0 Å². The molecule has 2 heterocycles. The van der Waals surface area contributed by atoms with Gasteiger partial charge in [0.15, 0.2) is 11.5 Å². The number of nitrogens with one attached hydrogen (secondary N) is 1. The number of azide groups is 1. The van der Waals surface area contributed by atoms with Crippen molar-refractivity contribution in [3.8, 4) is 5.75 Å². The van der Waals surface area contributed by atoms with Gasteiger partial charge in [-0.15, -0.1) is 0 Å². The third kappa shape index (κ3) is 4.20. The molecule has 0 spiro atoms. The molecule has 0 aliphatic carbocycles. The minimum Gasteiger partial charge on any atom is -0.496 e. The predicted octanol–water partition coefficient (Wildman–Crippen LogP) is 5.53. The number of pyridine rings is 1. The fourth-order valence-electron chi connectivity index (χ4n) is 3.00. The average molecular weight is 395 g/mol. The van der Waals surface area contributed by atoms with Gasteiger partial charge < -0.3 is 10.1 Å². The van der Waals surface area contributed by atoms with Gasteiger partial charge in [0.05, 0.1) is 12.6 Å². The van der Waals surface area contributed by atoms with Gasteiger partial charge in [-0.3, -0.25) is 0 Å². The Morgan fingerprint density at radius 2 is 1.86 bits per heavy atom. The lowest BCUT2D eigenvalue weighted by atomic mass is 9.90. The summed E-state index contributed by atoms with van der Waals surface area (Å²) in [5.74, 6) is 1.66. The minimum absolute atomic E-state index is 0.0788. The van der Waals surface area contributed by atoms with Crippen LogP contribution >= 0.6 is 0 Å². The Morgan fingerprint density at radius 3 is 2.52 bits per heavy atom. The topological polar surface area (TPSA) is 109 Å². The number of rotatable bonds is 6. The van der Waals surface area contributed by atoms with Crippen LogP contribution in [0.4, 0.5) is 16.0 Å². The molecule has 0 bridgehead atoms. The van der Waals surface area contributed by atoms with E-state index < -0.39 is 11.2 Å². The molecule has 9 heteroatoms. The van der Waals surface area contributed by atoms with E-state index in [9.17, 15) is 4.39 Å². The lowest BCUT2D eigenvalue weighted by molar-refractivity contribution is 0.206. The zero-order valence-electron chi connectivity index (χ0n) is 16.9. The largest absolute Gasteiger partial charge is 0.496 e. The minimum atomic E-state index is -1.66. The molecule has 3 aromatic rings. The first-order chi connectivity index (χ1) is 13.7. The van der Waals surface area contributed by atoms with Crippen LogP contribution in [-0.2, 0) is 11.2 Å². The van der Waals surface area contributed by atoms with Crippen molar-refractivity contribution in [3.63, 3.8) is 0 Å². The van der Waals surface area contributed by atoms with Gasteiger partial charge in [0.2, 0.25) is 0 Å². The molecule has 29 heavy (non-hydrogen) atoms. The first-order valence-electron chi connectivity index (χ1n) is 8.98. The van der Waals surface area contributed by atoms with E-state index in [2.05, 4.69) is 30.3 Å². The first kappa shape index (κ1) is 20.3. The summed E-state index contributed by atoms with van der Waals surface area (Å²) in [6.45, 7) is 6.47. The summed E-state index contributed by atoms with van der Waals surface area (Å²) in [6, 6.07) is 7.15. The molecule has 2 aromatic heterocycles. The molecule has 0 unspecified atom stereocenters. The Morgan fingerprint density at radius 1 is 1.10 bits per heavy atom. The molecule has 0 saturated carbocycles. The molecular weight excluding hydrogens is 373 g/mol. The Balaban J connectivity index is 2.11. The number of hydrogen-bond donors (Lipinski definition) is 1. The van der Waals surface area contributed by atoms with Crippen LogP contribution in [0.2, 0.25) is 0 Å². The van der Waals surface area contributed by atoms with E-state index in [-0.39, 0.29) is 5.82 Å². The number of benzene rings is 1. The number of hydrogen-bond acceptors (Lipinski definition) is 6. The van der Waals surface area contributed by atoms with Crippen molar-refractivity contribution in [1.82, 2.24) is 15.0 Å². The zero-order chi connectivity index (χ0) is 21.2. The molecule has 8 nitrogen and oxygen atoms in total. The van der Waals surface area contributed by atoms with E-state index in [1.54, 1.807) is 19.4 Å². The summed E-state index contributed by atoms with van der Waals surface area (Å²) in [6.07, 6.45) is 3.17. The second kappa shape index (κ2) is 7.52. The molecule has 0 saturated heterocycles. The van der Waals surface area contributed by atoms with Crippen LogP contribution in [-0.4, -0.2) is 22.1 Å². The number of anilines is 2. The van der Waals surface area contributed by atoms with Gasteiger partial charge in [0, 0.05) is 22.7 Å². The average Bonchev–Trinajstić information content (AvgIpc) is 2.66. The zero-order valence-corrected chi connectivity index (χ0v) is 16.9. The van der Waals surface area contributed by atoms with Gasteiger partial charge in [0.1, 0.15) is 17.4 Å². The third-order valence-corrected chi connectivity index (χ3v) is 4.48. The van der Waals surface area contributed by atoms with Gasteiger partial charge in [0.25, 0.3) is 0 Å². The summed E-state index contributed by atoms with van der Waals surface area (Å²) in [5, 5.41) is 8.61. The molecule has 0 amide bonds. The summed E-state index contributed by atoms with van der Waals surface area (Å²) < 4.78 is 19.6. The van der Waals surface area contributed by atoms with Crippen molar-refractivity contribution in [2.75, 3.05) is 12.4 Å². The third-order valence-electron chi connectivity index (χ3n) is 4.48. The lowest BCUT2D eigenvalue weighted by Gasteiger charge is -2.22. The van der Waals surface area contributed by atoms with Crippen molar-refractivity contribution in [2.24, 2.45) is 5.11 Å². The summed E-state index contributed by atoms with van der Waals surface area (Å²) >= 11 is 0. The normalized spacial score (nSPS) is 11.8. The van der Waals surface area contributed by atoms with Crippen molar-refractivity contribution in [3.05, 3.63) is 58.5 Å². The van der Waals surface area contributed by atoms with Crippen LogP contribution in [0, 0.1) is 0 Å². The maximum absolute atomic E-state index is 14.2. The Bertz CT molecular complexity index is 1100. The molecule has 1 N–H and O–H groups in total. The maximum atomic E-state index is 14.2. The molecule has 0 aliphatic rings. The van der Waals surface area contributed by atoms with Crippen LogP contribution in [0.5, 0.6) is 5.75 Å². The van der Waals surface area contributed by atoms with E-state index in [0.29, 0.717) is 17.4 Å². The molecule has 3 rings (SSSR count). The lowest BCUT2D eigenvalue weighted by Crippen LogP contribution is -2.15. The number of alkyl halides is 1. The number of ether oxygens (including phenoxy) is 1. The molecular formula is C20H22FN7O. The van der Waals surface area contributed by atoms with E-state index in [4.69, 9.17) is 10.3 Å². The highest BCUT2D eigenvalue weighted by Crippen LogP contribution is 2.37. The van der Waals surface area contributed by atoms with Gasteiger partial charge in [-0.25, -0.2) is 19.3 Å².